The molecule has 5 nitrogen and oxygen atoms in total. The van der Waals surface area contributed by atoms with Crippen molar-refractivity contribution in [2.75, 3.05) is 5.32 Å². The summed E-state index contributed by atoms with van der Waals surface area (Å²) in [5, 5.41) is 6.51. The highest BCUT2D eigenvalue weighted by Gasteiger charge is 2.11. The Bertz CT molecular complexity index is 1020. The SMILES string of the molecule is O=C(Cn1nc(-c2ccc(F)cc2)ccc1=O)Nc1ccc(Br)cc1F. The average molecular weight is 420 g/mol. The molecule has 0 radical (unpaired) electrons. The Hall–Kier alpha value is -2.87. The van der Waals surface area contributed by atoms with Gasteiger partial charge in [0, 0.05) is 16.1 Å². The van der Waals surface area contributed by atoms with Gasteiger partial charge in [-0.3, -0.25) is 9.59 Å². The molecule has 2 aromatic carbocycles. The molecular weight excluding hydrogens is 408 g/mol. The number of nitrogens with zero attached hydrogens (tertiary/aromatic N) is 2. The van der Waals surface area contributed by atoms with Crippen LogP contribution in [0.1, 0.15) is 0 Å². The molecule has 0 saturated heterocycles. The third-order valence-corrected chi connectivity index (χ3v) is 4.00. The first-order chi connectivity index (χ1) is 12.4. The predicted molar refractivity (Wildman–Crippen MR) is 96.6 cm³/mol. The molecule has 0 spiro atoms. The van der Waals surface area contributed by atoms with Gasteiger partial charge in [-0.05, 0) is 48.5 Å². The molecule has 8 heteroatoms. The van der Waals surface area contributed by atoms with Crippen molar-refractivity contribution in [3.05, 3.63) is 81.1 Å². The van der Waals surface area contributed by atoms with Gasteiger partial charge in [-0.1, -0.05) is 15.9 Å². The molecule has 0 fully saturated rings. The molecule has 1 N–H and O–H groups in total. The van der Waals surface area contributed by atoms with Gasteiger partial charge in [0.2, 0.25) is 5.91 Å². The number of aromatic nitrogens is 2. The van der Waals surface area contributed by atoms with Crippen LogP contribution in [0.3, 0.4) is 0 Å². The number of carbonyl (C=O) groups excluding carboxylic acids is 1. The van der Waals surface area contributed by atoms with E-state index in [-0.39, 0.29) is 12.2 Å². The number of rotatable bonds is 4. The Balaban J connectivity index is 1.80. The van der Waals surface area contributed by atoms with E-state index in [1.165, 1.54) is 48.5 Å². The van der Waals surface area contributed by atoms with Crippen LogP contribution in [0.2, 0.25) is 0 Å². The molecule has 0 aliphatic carbocycles. The van der Waals surface area contributed by atoms with Crippen molar-refractivity contribution in [3.63, 3.8) is 0 Å². The van der Waals surface area contributed by atoms with Gasteiger partial charge in [0.25, 0.3) is 5.56 Å². The summed E-state index contributed by atoms with van der Waals surface area (Å²) >= 11 is 3.13. The van der Waals surface area contributed by atoms with Crippen LogP contribution in [0.4, 0.5) is 14.5 Å². The molecule has 0 unspecified atom stereocenters. The van der Waals surface area contributed by atoms with Crippen LogP contribution in [-0.2, 0) is 11.3 Å². The van der Waals surface area contributed by atoms with E-state index in [2.05, 4.69) is 26.3 Å². The van der Waals surface area contributed by atoms with Gasteiger partial charge in [0.05, 0.1) is 11.4 Å². The Morgan fingerprint density at radius 2 is 1.81 bits per heavy atom. The van der Waals surface area contributed by atoms with Crippen LogP contribution < -0.4 is 10.9 Å². The number of nitrogens with one attached hydrogen (secondary N) is 1. The van der Waals surface area contributed by atoms with E-state index in [1.807, 2.05) is 0 Å². The zero-order valence-electron chi connectivity index (χ0n) is 13.2. The number of hydrogen-bond donors (Lipinski definition) is 1. The predicted octanol–water partition coefficient (Wildman–Crippen LogP) is 3.59. The summed E-state index contributed by atoms with van der Waals surface area (Å²) in [7, 11) is 0. The lowest BCUT2D eigenvalue weighted by atomic mass is 10.1. The van der Waals surface area contributed by atoms with Crippen molar-refractivity contribution in [2.24, 2.45) is 0 Å². The minimum Gasteiger partial charge on any atom is -0.322 e. The second kappa shape index (κ2) is 7.57. The molecule has 3 aromatic rings. The molecule has 26 heavy (non-hydrogen) atoms. The largest absolute Gasteiger partial charge is 0.322 e. The van der Waals surface area contributed by atoms with Crippen molar-refractivity contribution < 1.29 is 13.6 Å². The Morgan fingerprint density at radius 1 is 1.08 bits per heavy atom. The van der Waals surface area contributed by atoms with E-state index in [1.54, 1.807) is 6.07 Å². The first-order valence-electron chi connectivity index (χ1n) is 7.51. The highest BCUT2D eigenvalue weighted by molar-refractivity contribution is 9.10. The summed E-state index contributed by atoms with van der Waals surface area (Å²) in [6.07, 6.45) is 0. The Morgan fingerprint density at radius 3 is 2.50 bits per heavy atom. The lowest BCUT2D eigenvalue weighted by molar-refractivity contribution is -0.117. The van der Waals surface area contributed by atoms with Gasteiger partial charge in [-0.2, -0.15) is 5.10 Å². The van der Waals surface area contributed by atoms with Gasteiger partial charge in [0.1, 0.15) is 18.2 Å². The summed E-state index contributed by atoms with van der Waals surface area (Å²) in [6, 6.07) is 12.5. The van der Waals surface area contributed by atoms with Crippen LogP contribution in [0.5, 0.6) is 0 Å². The first-order valence-corrected chi connectivity index (χ1v) is 8.31. The smallest absolute Gasteiger partial charge is 0.267 e. The van der Waals surface area contributed by atoms with Crippen molar-refractivity contribution in [3.8, 4) is 11.3 Å². The topological polar surface area (TPSA) is 64.0 Å². The molecule has 0 aliphatic rings. The maximum atomic E-state index is 13.8. The standard InChI is InChI=1S/C18H12BrF2N3O2/c19-12-3-6-16(14(21)9-12)22-17(25)10-24-18(26)8-7-15(23-24)11-1-4-13(20)5-2-11/h1-9H,10H2,(H,22,25). The van der Waals surface area contributed by atoms with Crippen LogP contribution in [0.25, 0.3) is 11.3 Å². The van der Waals surface area contributed by atoms with Gasteiger partial charge in [0.15, 0.2) is 0 Å². The van der Waals surface area contributed by atoms with Crippen LogP contribution >= 0.6 is 15.9 Å². The molecule has 3 rings (SSSR count). The van der Waals surface area contributed by atoms with Crippen molar-refractivity contribution in [2.45, 2.75) is 6.54 Å². The Kier molecular flexibility index (Phi) is 5.22. The molecule has 0 atom stereocenters. The minimum atomic E-state index is -0.604. The number of carbonyl (C=O) groups is 1. The summed E-state index contributed by atoms with van der Waals surface area (Å²) in [6.45, 7) is -0.386. The summed E-state index contributed by atoms with van der Waals surface area (Å²) in [4.78, 5) is 24.1. The van der Waals surface area contributed by atoms with E-state index >= 15 is 0 Å². The fraction of sp³-hybridized carbons (Fsp3) is 0.0556. The van der Waals surface area contributed by atoms with E-state index in [0.717, 1.165) is 4.68 Å². The van der Waals surface area contributed by atoms with Gasteiger partial charge in [-0.25, -0.2) is 13.5 Å². The number of amides is 1. The van der Waals surface area contributed by atoms with E-state index in [0.29, 0.717) is 15.7 Å². The van der Waals surface area contributed by atoms with Crippen LogP contribution in [0, 0.1) is 11.6 Å². The second-order valence-corrected chi connectivity index (χ2v) is 6.31. The highest BCUT2D eigenvalue weighted by atomic mass is 79.9. The fourth-order valence-corrected chi connectivity index (χ4v) is 2.59. The monoisotopic (exact) mass is 419 g/mol. The third-order valence-electron chi connectivity index (χ3n) is 3.51. The zero-order valence-corrected chi connectivity index (χ0v) is 14.8. The van der Waals surface area contributed by atoms with Crippen molar-refractivity contribution >= 4 is 27.5 Å². The third kappa shape index (κ3) is 4.20. The maximum absolute atomic E-state index is 13.8. The molecule has 1 heterocycles. The second-order valence-electron chi connectivity index (χ2n) is 5.39. The summed E-state index contributed by atoms with van der Waals surface area (Å²) < 4.78 is 28.3. The van der Waals surface area contributed by atoms with Gasteiger partial charge in [-0.15, -0.1) is 0 Å². The molecule has 1 aromatic heterocycles. The normalized spacial score (nSPS) is 10.6. The zero-order chi connectivity index (χ0) is 18.7. The van der Waals surface area contributed by atoms with Crippen molar-refractivity contribution in [1.29, 1.82) is 0 Å². The molecule has 0 aliphatic heterocycles. The van der Waals surface area contributed by atoms with Crippen LogP contribution in [0.15, 0.2) is 63.9 Å². The van der Waals surface area contributed by atoms with E-state index < -0.39 is 23.1 Å². The minimum absolute atomic E-state index is 0.000869. The maximum Gasteiger partial charge on any atom is 0.267 e. The molecular formula is C18H12BrF2N3O2. The number of anilines is 1. The molecule has 1 amide bonds. The van der Waals surface area contributed by atoms with E-state index in [9.17, 15) is 18.4 Å². The van der Waals surface area contributed by atoms with Crippen LogP contribution in [-0.4, -0.2) is 15.7 Å². The number of halogens is 3. The molecule has 0 saturated carbocycles. The van der Waals surface area contributed by atoms with E-state index in [4.69, 9.17) is 0 Å². The lowest BCUT2D eigenvalue weighted by Gasteiger charge is -2.09. The highest BCUT2D eigenvalue weighted by Crippen LogP contribution is 2.19. The lowest BCUT2D eigenvalue weighted by Crippen LogP contribution is -2.29. The van der Waals surface area contributed by atoms with Crippen molar-refractivity contribution in [1.82, 2.24) is 9.78 Å². The number of hydrogen-bond acceptors (Lipinski definition) is 3. The summed E-state index contributed by atoms with van der Waals surface area (Å²) in [5.41, 5.74) is 0.523. The average Bonchev–Trinajstić information content (AvgIpc) is 2.60. The fourth-order valence-electron chi connectivity index (χ4n) is 2.25. The molecule has 0 bridgehead atoms. The quantitative estimate of drug-likeness (QED) is 0.702. The van der Waals surface area contributed by atoms with Gasteiger partial charge >= 0.3 is 0 Å². The molecule has 132 valence electrons. The first kappa shape index (κ1) is 17.9. The van der Waals surface area contributed by atoms with Gasteiger partial charge < -0.3 is 5.32 Å². The Labute approximate surface area is 155 Å². The number of benzene rings is 2. The summed E-state index contributed by atoms with van der Waals surface area (Å²) in [5.74, 6) is -1.59.